The number of carbonyl (C=O) groups excluding carboxylic acids is 1. The van der Waals surface area contributed by atoms with Gasteiger partial charge in [-0.1, -0.05) is 6.92 Å². The number of aliphatic hydroxyl groups is 2. The minimum Gasteiger partial charge on any atom is -0.365 e. The summed E-state index contributed by atoms with van der Waals surface area (Å²) in [6.07, 6.45) is 1.02. The molecule has 3 heteroatoms. The summed E-state index contributed by atoms with van der Waals surface area (Å²) in [5, 5.41) is 17.5. The smallest absolute Gasteiger partial charge is 0.166 e. The predicted molar refractivity (Wildman–Crippen MR) is 37.4 cm³/mol. The van der Waals surface area contributed by atoms with Crippen molar-refractivity contribution in [1.82, 2.24) is 0 Å². The van der Waals surface area contributed by atoms with E-state index in [-0.39, 0.29) is 12.2 Å². The van der Waals surface area contributed by atoms with Crippen LogP contribution >= 0.6 is 0 Å². The van der Waals surface area contributed by atoms with E-state index in [2.05, 4.69) is 0 Å². The molecule has 0 aliphatic heterocycles. The fourth-order valence-corrected chi connectivity index (χ4v) is 0.741. The third-order valence-electron chi connectivity index (χ3n) is 1.06. The molecule has 0 aromatic rings. The molecule has 0 unspecified atom stereocenters. The summed E-state index contributed by atoms with van der Waals surface area (Å²) in [7, 11) is 0. The maximum absolute atomic E-state index is 10.7. The number of hydrogen-bond acceptors (Lipinski definition) is 3. The maximum atomic E-state index is 10.7. The molecule has 0 saturated carbocycles. The Balaban J connectivity index is 3.58. The van der Waals surface area contributed by atoms with Crippen LogP contribution in [-0.4, -0.2) is 21.8 Å². The van der Waals surface area contributed by atoms with Gasteiger partial charge in [-0.2, -0.15) is 0 Å². The van der Waals surface area contributed by atoms with E-state index >= 15 is 0 Å². The molecular weight excluding hydrogens is 132 g/mol. The molecule has 60 valence electrons. The molecule has 0 aliphatic carbocycles. The number of ketones is 1. The van der Waals surface area contributed by atoms with Crippen LogP contribution < -0.4 is 0 Å². The number of carbonyl (C=O) groups is 1. The lowest BCUT2D eigenvalue weighted by molar-refractivity contribution is -0.160. The van der Waals surface area contributed by atoms with Crippen molar-refractivity contribution in [1.29, 1.82) is 0 Å². The van der Waals surface area contributed by atoms with Crippen molar-refractivity contribution in [3.8, 4) is 0 Å². The van der Waals surface area contributed by atoms with Crippen molar-refractivity contribution in [2.45, 2.75) is 38.9 Å². The monoisotopic (exact) mass is 146 g/mol. The SMILES string of the molecule is CCCC(=O)CC(C)(O)O. The highest BCUT2D eigenvalue weighted by Gasteiger charge is 2.18. The van der Waals surface area contributed by atoms with E-state index in [4.69, 9.17) is 10.2 Å². The zero-order chi connectivity index (χ0) is 8.20. The summed E-state index contributed by atoms with van der Waals surface area (Å²) >= 11 is 0. The maximum Gasteiger partial charge on any atom is 0.166 e. The highest BCUT2D eigenvalue weighted by molar-refractivity contribution is 5.78. The summed E-state index contributed by atoms with van der Waals surface area (Å²) in [4.78, 5) is 10.7. The number of Topliss-reactive ketones (excluding diaryl/α,β-unsaturated/α-hetero) is 1. The molecule has 0 rings (SSSR count). The quantitative estimate of drug-likeness (QED) is 0.566. The van der Waals surface area contributed by atoms with Crippen LogP contribution in [0.1, 0.15) is 33.1 Å². The van der Waals surface area contributed by atoms with E-state index in [1.807, 2.05) is 6.92 Å². The average Bonchev–Trinajstić information content (AvgIpc) is 1.59. The lowest BCUT2D eigenvalue weighted by Crippen LogP contribution is -2.26. The first-order chi connectivity index (χ1) is 4.45. The standard InChI is InChI=1S/C7H14O3/c1-3-4-6(8)5-7(2,9)10/h9-10H,3-5H2,1-2H3. The Morgan fingerprint density at radius 2 is 2.00 bits per heavy atom. The Morgan fingerprint density at radius 3 is 2.30 bits per heavy atom. The van der Waals surface area contributed by atoms with Gasteiger partial charge in [-0.25, -0.2) is 0 Å². The van der Waals surface area contributed by atoms with Crippen LogP contribution in [0.25, 0.3) is 0 Å². The highest BCUT2D eigenvalue weighted by atomic mass is 16.5. The predicted octanol–water partition coefficient (Wildman–Crippen LogP) is 0.446. The molecule has 0 fully saturated rings. The van der Waals surface area contributed by atoms with Gasteiger partial charge in [0.05, 0.1) is 6.42 Å². The molecule has 0 heterocycles. The van der Waals surface area contributed by atoms with Gasteiger partial charge in [-0.15, -0.1) is 0 Å². The minimum absolute atomic E-state index is 0.102. The number of hydrogen-bond donors (Lipinski definition) is 2. The molecule has 0 radical (unpaired) electrons. The molecule has 2 N–H and O–H groups in total. The van der Waals surface area contributed by atoms with Crippen molar-refractivity contribution in [2.75, 3.05) is 0 Å². The first kappa shape index (κ1) is 9.59. The zero-order valence-corrected chi connectivity index (χ0v) is 6.42. The molecule has 0 aliphatic rings. The fourth-order valence-electron chi connectivity index (χ4n) is 0.741. The Kier molecular flexibility index (Phi) is 3.53. The third-order valence-corrected chi connectivity index (χ3v) is 1.06. The average molecular weight is 146 g/mol. The van der Waals surface area contributed by atoms with Crippen LogP contribution in [0.4, 0.5) is 0 Å². The Morgan fingerprint density at radius 1 is 1.50 bits per heavy atom. The topological polar surface area (TPSA) is 57.5 Å². The van der Waals surface area contributed by atoms with Gasteiger partial charge in [0.1, 0.15) is 5.78 Å². The molecule has 0 aromatic heterocycles. The summed E-state index contributed by atoms with van der Waals surface area (Å²) in [5.74, 6) is -1.93. The summed E-state index contributed by atoms with van der Waals surface area (Å²) < 4.78 is 0. The second-order valence-corrected chi connectivity index (χ2v) is 2.68. The minimum atomic E-state index is -1.83. The second kappa shape index (κ2) is 3.68. The first-order valence-corrected chi connectivity index (χ1v) is 3.42. The molecule has 0 amide bonds. The van der Waals surface area contributed by atoms with Crippen molar-refractivity contribution in [3.63, 3.8) is 0 Å². The van der Waals surface area contributed by atoms with Gasteiger partial charge in [0.15, 0.2) is 5.79 Å². The first-order valence-electron chi connectivity index (χ1n) is 3.42. The summed E-state index contributed by atoms with van der Waals surface area (Å²) in [6.45, 7) is 3.09. The van der Waals surface area contributed by atoms with E-state index < -0.39 is 5.79 Å². The molecule has 0 aromatic carbocycles. The van der Waals surface area contributed by atoms with Crippen LogP contribution in [0.2, 0.25) is 0 Å². The Hall–Kier alpha value is -0.410. The van der Waals surface area contributed by atoms with Crippen molar-refractivity contribution in [3.05, 3.63) is 0 Å². The summed E-state index contributed by atoms with van der Waals surface area (Å²) in [5.41, 5.74) is 0. The fraction of sp³-hybridized carbons (Fsp3) is 0.857. The van der Waals surface area contributed by atoms with Crippen molar-refractivity contribution >= 4 is 5.78 Å². The molecular formula is C7H14O3. The molecule has 10 heavy (non-hydrogen) atoms. The van der Waals surface area contributed by atoms with E-state index in [1.54, 1.807) is 0 Å². The van der Waals surface area contributed by atoms with Gasteiger partial charge < -0.3 is 10.2 Å². The van der Waals surface area contributed by atoms with E-state index in [0.717, 1.165) is 6.42 Å². The van der Waals surface area contributed by atoms with Crippen molar-refractivity contribution < 1.29 is 15.0 Å². The molecule has 0 spiro atoms. The van der Waals surface area contributed by atoms with Crippen LogP contribution in [-0.2, 0) is 4.79 Å². The molecule has 0 saturated heterocycles. The number of rotatable bonds is 4. The third kappa shape index (κ3) is 5.72. The van der Waals surface area contributed by atoms with Crippen LogP contribution in [0.15, 0.2) is 0 Å². The largest absolute Gasteiger partial charge is 0.365 e. The van der Waals surface area contributed by atoms with Gasteiger partial charge in [0.25, 0.3) is 0 Å². The summed E-state index contributed by atoms with van der Waals surface area (Å²) in [6, 6.07) is 0. The zero-order valence-electron chi connectivity index (χ0n) is 6.42. The van der Waals surface area contributed by atoms with Crippen molar-refractivity contribution in [2.24, 2.45) is 0 Å². The van der Waals surface area contributed by atoms with Crippen LogP contribution in [0, 0.1) is 0 Å². The second-order valence-electron chi connectivity index (χ2n) is 2.68. The molecule has 0 bridgehead atoms. The van der Waals surface area contributed by atoms with Crippen LogP contribution in [0.3, 0.4) is 0 Å². The van der Waals surface area contributed by atoms with E-state index in [1.165, 1.54) is 6.92 Å². The molecule has 3 nitrogen and oxygen atoms in total. The van der Waals surface area contributed by atoms with Gasteiger partial charge in [-0.3, -0.25) is 4.79 Å². The van der Waals surface area contributed by atoms with Gasteiger partial charge >= 0.3 is 0 Å². The lowest BCUT2D eigenvalue weighted by Gasteiger charge is -2.13. The van der Waals surface area contributed by atoms with Gasteiger partial charge in [-0.05, 0) is 13.3 Å². The van der Waals surface area contributed by atoms with Gasteiger partial charge in [0.2, 0.25) is 0 Å². The normalized spacial score (nSPS) is 11.6. The van der Waals surface area contributed by atoms with E-state index in [0.29, 0.717) is 6.42 Å². The van der Waals surface area contributed by atoms with Crippen LogP contribution in [0.5, 0.6) is 0 Å². The Labute approximate surface area is 60.7 Å². The van der Waals surface area contributed by atoms with Gasteiger partial charge in [0, 0.05) is 6.42 Å². The highest BCUT2D eigenvalue weighted by Crippen LogP contribution is 2.06. The lowest BCUT2D eigenvalue weighted by atomic mass is 10.1. The molecule has 0 atom stereocenters. The Bertz CT molecular complexity index is 113. The van der Waals surface area contributed by atoms with E-state index in [9.17, 15) is 4.79 Å².